The molecule has 0 saturated carbocycles. The van der Waals surface area contributed by atoms with Crippen LogP contribution in [0.15, 0.2) is 12.1 Å². The summed E-state index contributed by atoms with van der Waals surface area (Å²) < 4.78 is 53.2. The lowest BCUT2D eigenvalue weighted by Gasteiger charge is -2.06. The summed E-state index contributed by atoms with van der Waals surface area (Å²) in [5.74, 6) is -3.57. The lowest BCUT2D eigenvalue weighted by atomic mass is 10.2. The average Bonchev–Trinajstić information content (AvgIpc) is 2.20. The number of rotatable bonds is 3. The Morgan fingerprint density at radius 3 is 2.50 bits per heavy atom. The van der Waals surface area contributed by atoms with E-state index in [-0.39, 0.29) is 0 Å². The molecule has 2 N–H and O–H groups in total. The molecule has 1 rings (SSSR count). The van der Waals surface area contributed by atoms with Gasteiger partial charge in [-0.2, -0.15) is 0 Å². The molecule has 0 fully saturated rings. The molecule has 1 aromatic rings. The number of nitrogen functional groups attached to an aromatic ring is 1. The van der Waals surface area contributed by atoms with Crippen molar-refractivity contribution in [3.05, 3.63) is 29.3 Å². The molecule has 0 aromatic heterocycles. The van der Waals surface area contributed by atoms with Gasteiger partial charge in [-0.25, -0.2) is 22.4 Å². The molecular weight excluding hydrogens is 230 g/mol. The molecular formula is C9H7F4NO2. The fourth-order valence-corrected chi connectivity index (χ4v) is 0.939. The minimum absolute atomic E-state index is 0.383. The van der Waals surface area contributed by atoms with E-state index in [1.807, 2.05) is 0 Å². The minimum Gasteiger partial charge on any atom is -0.456 e. The Labute approximate surface area is 87.8 Å². The number of carbonyl (C=O) groups is 1. The molecule has 0 amide bonds. The van der Waals surface area contributed by atoms with Crippen LogP contribution in [0.1, 0.15) is 10.4 Å². The quantitative estimate of drug-likeness (QED) is 0.496. The topological polar surface area (TPSA) is 52.3 Å². The van der Waals surface area contributed by atoms with E-state index in [0.29, 0.717) is 12.1 Å². The van der Waals surface area contributed by atoms with E-state index in [0.717, 1.165) is 0 Å². The van der Waals surface area contributed by atoms with Crippen LogP contribution in [-0.4, -0.2) is 19.0 Å². The number of hydrogen-bond donors (Lipinski definition) is 1. The normalized spacial score (nSPS) is 10.6. The minimum atomic E-state index is -2.86. The Kier molecular flexibility index (Phi) is 3.70. The highest BCUT2D eigenvalue weighted by atomic mass is 19.3. The van der Waals surface area contributed by atoms with Crippen LogP contribution in [0.3, 0.4) is 0 Å². The summed E-state index contributed by atoms with van der Waals surface area (Å²) in [6.45, 7) is -1.16. The third-order valence-corrected chi connectivity index (χ3v) is 1.65. The van der Waals surface area contributed by atoms with E-state index in [1.165, 1.54) is 0 Å². The van der Waals surface area contributed by atoms with Crippen LogP contribution in [-0.2, 0) is 4.74 Å². The van der Waals surface area contributed by atoms with Crippen molar-refractivity contribution >= 4 is 11.7 Å². The number of anilines is 1. The van der Waals surface area contributed by atoms with Gasteiger partial charge in [0.2, 0.25) is 0 Å². The van der Waals surface area contributed by atoms with Gasteiger partial charge in [0.1, 0.15) is 11.6 Å². The van der Waals surface area contributed by atoms with Crippen molar-refractivity contribution in [2.45, 2.75) is 6.43 Å². The van der Waals surface area contributed by atoms with Gasteiger partial charge in [0, 0.05) is 6.07 Å². The summed E-state index contributed by atoms with van der Waals surface area (Å²) in [5.41, 5.74) is 3.94. The van der Waals surface area contributed by atoms with Gasteiger partial charge in [0.25, 0.3) is 6.43 Å². The van der Waals surface area contributed by atoms with Crippen molar-refractivity contribution in [2.24, 2.45) is 0 Å². The predicted molar refractivity (Wildman–Crippen MR) is 47.1 cm³/mol. The Morgan fingerprint density at radius 1 is 1.31 bits per heavy atom. The largest absolute Gasteiger partial charge is 0.456 e. The number of esters is 1. The molecule has 0 atom stereocenters. The number of halogens is 4. The van der Waals surface area contributed by atoms with Gasteiger partial charge in [0.05, 0.1) is 11.3 Å². The van der Waals surface area contributed by atoms with E-state index in [9.17, 15) is 22.4 Å². The third-order valence-electron chi connectivity index (χ3n) is 1.65. The van der Waals surface area contributed by atoms with Gasteiger partial charge in [-0.3, -0.25) is 0 Å². The van der Waals surface area contributed by atoms with Gasteiger partial charge in [-0.05, 0) is 6.07 Å². The van der Waals surface area contributed by atoms with Crippen LogP contribution >= 0.6 is 0 Å². The Morgan fingerprint density at radius 2 is 1.94 bits per heavy atom. The van der Waals surface area contributed by atoms with Crippen molar-refractivity contribution in [2.75, 3.05) is 12.3 Å². The van der Waals surface area contributed by atoms with Gasteiger partial charge < -0.3 is 10.5 Å². The van der Waals surface area contributed by atoms with Crippen LogP contribution in [0.5, 0.6) is 0 Å². The molecule has 3 nitrogen and oxygen atoms in total. The van der Waals surface area contributed by atoms with Gasteiger partial charge >= 0.3 is 5.97 Å². The first-order valence-corrected chi connectivity index (χ1v) is 4.11. The number of nitrogens with two attached hydrogens (primary N) is 1. The standard InChI is InChI=1S/C9H7F4NO2/c10-5-2-6(11)7(14)1-4(5)9(15)16-3-8(12)13/h1-2,8H,3,14H2. The van der Waals surface area contributed by atoms with Crippen LogP contribution in [0.2, 0.25) is 0 Å². The van der Waals surface area contributed by atoms with Crippen molar-refractivity contribution in [1.82, 2.24) is 0 Å². The third kappa shape index (κ3) is 2.85. The monoisotopic (exact) mass is 237 g/mol. The maximum atomic E-state index is 13.0. The molecule has 0 saturated heterocycles. The van der Waals surface area contributed by atoms with Crippen LogP contribution in [0.25, 0.3) is 0 Å². The average molecular weight is 237 g/mol. The highest BCUT2D eigenvalue weighted by Crippen LogP contribution is 2.17. The molecule has 0 bridgehead atoms. The van der Waals surface area contributed by atoms with E-state index < -0.39 is 41.9 Å². The van der Waals surface area contributed by atoms with E-state index >= 15 is 0 Å². The summed E-state index contributed by atoms with van der Waals surface area (Å²) in [6, 6.07) is 1.08. The molecule has 7 heteroatoms. The van der Waals surface area contributed by atoms with Crippen LogP contribution < -0.4 is 5.73 Å². The highest BCUT2D eigenvalue weighted by Gasteiger charge is 2.17. The number of carbonyl (C=O) groups excluding carboxylic acids is 1. The van der Waals surface area contributed by atoms with Crippen molar-refractivity contribution in [3.63, 3.8) is 0 Å². The molecule has 16 heavy (non-hydrogen) atoms. The zero-order valence-corrected chi connectivity index (χ0v) is 7.84. The number of alkyl halides is 2. The smallest absolute Gasteiger partial charge is 0.341 e. The second-order valence-electron chi connectivity index (χ2n) is 2.84. The van der Waals surface area contributed by atoms with E-state index in [4.69, 9.17) is 5.73 Å². The summed E-state index contributed by atoms with van der Waals surface area (Å²) in [6.07, 6.45) is -2.86. The highest BCUT2D eigenvalue weighted by molar-refractivity contribution is 5.90. The first-order chi connectivity index (χ1) is 7.41. The SMILES string of the molecule is Nc1cc(C(=O)OCC(F)F)c(F)cc1F. The van der Waals surface area contributed by atoms with E-state index in [1.54, 1.807) is 0 Å². The first-order valence-electron chi connectivity index (χ1n) is 4.11. The maximum Gasteiger partial charge on any atom is 0.341 e. The molecule has 0 radical (unpaired) electrons. The molecule has 88 valence electrons. The summed E-state index contributed by atoms with van der Waals surface area (Å²) in [5, 5.41) is 0. The second kappa shape index (κ2) is 4.82. The second-order valence-corrected chi connectivity index (χ2v) is 2.84. The van der Waals surface area contributed by atoms with Crippen molar-refractivity contribution < 1.29 is 27.1 Å². The molecule has 0 heterocycles. The molecule has 0 aliphatic carbocycles. The zero-order chi connectivity index (χ0) is 12.3. The number of hydrogen-bond acceptors (Lipinski definition) is 3. The summed E-state index contributed by atoms with van der Waals surface area (Å²) >= 11 is 0. The summed E-state index contributed by atoms with van der Waals surface area (Å²) in [4.78, 5) is 11.1. The molecule has 0 spiro atoms. The number of benzene rings is 1. The molecule has 0 aliphatic rings. The molecule has 1 aromatic carbocycles. The number of ether oxygens (including phenoxy) is 1. The van der Waals surface area contributed by atoms with Gasteiger partial charge in [0.15, 0.2) is 6.61 Å². The zero-order valence-electron chi connectivity index (χ0n) is 7.84. The molecule has 0 unspecified atom stereocenters. The Balaban J connectivity index is 2.87. The Bertz CT molecular complexity index is 409. The van der Waals surface area contributed by atoms with Gasteiger partial charge in [-0.1, -0.05) is 0 Å². The fourth-order valence-electron chi connectivity index (χ4n) is 0.939. The van der Waals surface area contributed by atoms with Crippen LogP contribution in [0.4, 0.5) is 23.2 Å². The lowest BCUT2D eigenvalue weighted by Crippen LogP contribution is -2.13. The van der Waals surface area contributed by atoms with Gasteiger partial charge in [-0.15, -0.1) is 0 Å². The van der Waals surface area contributed by atoms with Crippen molar-refractivity contribution in [1.29, 1.82) is 0 Å². The maximum absolute atomic E-state index is 13.0. The predicted octanol–water partition coefficient (Wildman–Crippen LogP) is 1.97. The first kappa shape index (κ1) is 12.3. The summed E-state index contributed by atoms with van der Waals surface area (Å²) in [7, 11) is 0. The van der Waals surface area contributed by atoms with Crippen molar-refractivity contribution in [3.8, 4) is 0 Å². The fraction of sp³-hybridized carbons (Fsp3) is 0.222. The van der Waals surface area contributed by atoms with E-state index in [2.05, 4.69) is 4.74 Å². The Hall–Kier alpha value is -1.79. The molecule has 0 aliphatic heterocycles. The van der Waals surface area contributed by atoms with Crippen LogP contribution in [0, 0.1) is 11.6 Å². The lowest BCUT2D eigenvalue weighted by molar-refractivity contribution is 0.0156.